The van der Waals surface area contributed by atoms with Crippen LogP contribution in [0, 0.1) is 27.7 Å². The molecule has 0 atom stereocenters. The van der Waals surface area contributed by atoms with E-state index in [1.54, 1.807) is 6.21 Å². The second kappa shape index (κ2) is 7.07. The summed E-state index contributed by atoms with van der Waals surface area (Å²) in [6, 6.07) is 11.8. The van der Waals surface area contributed by atoms with Gasteiger partial charge in [-0.2, -0.15) is 5.10 Å². The molecule has 1 aromatic carbocycles. The number of hydrogen-bond acceptors (Lipinski definition) is 4. The van der Waals surface area contributed by atoms with Crippen LogP contribution < -0.4 is 5.43 Å². The van der Waals surface area contributed by atoms with Gasteiger partial charge < -0.3 is 4.57 Å². The van der Waals surface area contributed by atoms with E-state index in [-0.39, 0.29) is 0 Å². The Morgan fingerprint density at radius 1 is 1.04 bits per heavy atom. The van der Waals surface area contributed by atoms with Gasteiger partial charge in [-0.1, -0.05) is 23.7 Å². The minimum absolute atomic E-state index is 0.494. The van der Waals surface area contributed by atoms with Gasteiger partial charge >= 0.3 is 0 Å². The van der Waals surface area contributed by atoms with Gasteiger partial charge in [0.1, 0.15) is 0 Å². The number of aromatic nitrogens is 3. The molecule has 0 unspecified atom stereocenters. The predicted molar refractivity (Wildman–Crippen MR) is 103 cm³/mol. The molecule has 0 aliphatic heterocycles. The lowest BCUT2D eigenvalue weighted by Gasteiger charge is -2.11. The van der Waals surface area contributed by atoms with E-state index in [0.29, 0.717) is 5.95 Å². The third-order valence-electron chi connectivity index (χ3n) is 3.91. The molecule has 2 heterocycles. The third kappa shape index (κ3) is 3.72. The van der Waals surface area contributed by atoms with Crippen LogP contribution >= 0.6 is 11.6 Å². The summed E-state index contributed by atoms with van der Waals surface area (Å²) in [4.78, 5) is 8.62. The number of anilines is 1. The molecule has 0 saturated carbocycles. The largest absolute Gasteiger partial charge is 0.316 e. The Morgan fingerprint density at radius 3 is 2.40 bits per heavy atom. The molecule has 0 bridgehead atoms. The molecular weight excluding hydrogens is 334 g/mol. The van der Waals surface area contributed by atoms with Crippen LogP contribution in [-0.4, -0.2) is 20.7 Å². The molecule has 1 N–H and O–H groups in total. The number of benzene rings is 1. The topological polar surface area (TPSA) is 55.1 Å². The molecule has 2 aromatic heterocycles. The van der Waals surface area contributed by atoms with Gasteiger partial charge in [0.25, 0.3) is 0 Å². The Morgan fingerprint density at radius 2 is 1.72 bits per heavy atom. The molecule has 0 saturated heterocycles. The molecule has 25 heavy (non-hydrogen) atoms. The van der Waals surface area contributed by atoms with Gasteiger partial charge in [-0.25, -0.2) is 15.4 Å². The maximum atomic E-state index is 6.34. The summed E-state index contributed by atoms with van der Waals surface area (Å²) >= 11 is 6.34. The van der Waals surface area contributed by atoms with Crippen molar-refractivity contribution in [2.75, 3.05) is 5.43 Å². The smallest absolute Gasteiger partial charge is 0.243 e. The molecule has 128 valence electrons. The van der Waals surface area contributed by atoms with Crippen molar-refractivity contribution >= 4 is 23.8 Å². The first-order chi connectivity index (χ1) is 12.0. The summed E-state index contributed by atoms with van der Waals surface area (Å²) in [5.74, 6) is 0.494. The zero-order valence-corrected chi connectivity index (χ0v) is 15.5. The number of para-hydroxylation sites is 1. The van der Waals surface area contributed by atoms with Gasteiger partial charge in [-0.3, -0.25) is 0 Å². The number of nitrogens with zero attached hydrogens (tertiary/aromatic N) is 4. The number of nitrogens with one attached hydrogen (secondary N) is 1. The molecule has 0 aliphatic carbocycles. The van der Waals surface area contributed by atoms with Crippen molar-refractivity contribution in [3.8, 4) is 5.69 Å². The van der Waals surface area contributed by atoms with Gasteiger partial charge in [0.05, 0.1) is 16.9 Å². The number of aryl methyl sites for hydroxylation is 3. The quantitative estimate of drug-likeness (QED) is 0.551. The predicted octanol–water partition coefficient (Wildman–Crippen LogP) is 4.60. The van der Waals surface area contributed by atoms with Gasteiger partial charge in [0, 0.05) is 28.3 Å². The zero-order chi connectivity index (χ0) is 18.0. The van der Waals surface area contributed by atoms with Gasteiger partial charge in [-0.15, -0.1) is 0 Å². The fraction of sp³-hybridized carbons (Fsp3) is 0.211. The minimum Gasteiger partial charge on any atom is -0.316 e. The molecule has 0 aliphatic rings. The fourth-order valence-corrected chi connectivity index (χ4v) is 3.08. The maximum Gasteiger partial charge on any atom is 0.243 e. The van der Waals surface area contributed by atoms with Crippen LogP contribution in [0.5, 0.6) is 0 Å². The summed E-state index contributed by atoms with van der Waals surface area (Å²) < 4.78 is 2.12. The lowest BCUT2D eigenvalue weighted by Crippen LogP contribution is -2.01. The summed E-state index contributed by atoms with van der Waals surface area (Å²) in [6.45, 7) is 7.96. The molecule has 3 aromatic rings. The highest BCUT2D eigenvalue weighted by Gasteiger charge is 2.11. The summed E-state index contributed by atoms with van der Waals surface area (Å²) in [7, 11) is 0. The number of hydrazone groups is 1. The molecular formula is C19H20ClN5. The second-order valence-corrected chi connectivity index (χ2v) is 6.36. The van der Waals surface area contributed by atoms with E-state index in [9.17, 15) is 0 Å². The van der Waals surface area contributed by atoms with E-state index in [1.807, 2.05) is 58.0 Å². The molecule has 0 amide bonds. The standard InChI is InChI=1S/C19H20ClN5/c1-12-9-13(2)23-19(22-12)24-21-11-16-10-14(3)25(15(16)4)18-8-6-5-7-17(18)20/h5-11H,1-4H3,(H,22,23,24)/b21-11+. The van der Waals surface area contributed by atoms with E-state index in [1.165, 1.54) is 0 Å². The highest BCUT2D eigenvalue weighted by molar-refractivity contribution is 6.32. The Bertz CT molecular complexity index is 923. The van der Waals surface area contributed by atoms with E-state index >= 15 is 0 Å². The first-order valence-electron chi connectivity index (χ1n) is 8.01. The third-order valence-corrected chi connectivity index (χ3v) is 4.23. The molecule has 0 fully saturated rings. The van der Waals surface area contributed by atoms with E-state index in [0.717, 1.165) is 39.0 Å². The maximum absolute atomic E-state index is 6.34. The molecule has 0 spiro atoms. The van der Waals surface area contributed by atoms with Crippen molar-refractivity contribution in [3.05, 3.63) is 69.8 Å². The van der Waals surface area contributed by atoms with Crippen LogP contribution in [0.2, 0.25) is 5.02 Å². The van der Waals surface area contributed by atoms with Crippen LogP contribution in [0.4, 0.5) is 5.95 Å². The van der Waals surface area contributed by atoms with Gasteiger partial charge in [0.15, 0.2) is 0 Å². The SMILES string of the molecule is Cc1cc(C)nc(N/N=C/c2cc(C)n(-c3ccccc3Cl)c2C)n1. The van der Waals surface area contributed by atoms with Crippen LogP contribution in [0.1, 0.15) is 28.3 Å². The van der Waals surface area contributed by atoms with Crippen LogP contribution in [-0.2, 0) is 0 Å². The summed E-state index contributed by atoms with van der Waals surface area (Å²) in [6.07, 6.45) is 1.77. The Balaban J connectivity index is 1.87. The average molecular weight is 354 g/mol. The molecule has 3 rings (SSSR count). The Kier molecular flexibility index (Phi) is 4.86. The second-order valence-electron chi connectivity index (χ2n) is 5.96. The number of rotatable bonds is 4. The lowest BCUT2D eigenvalue weighted by molar-refractivity contribution is 0.965. The normalized spacial score (nSPS) is 11.2. The number of hydrogen-bond donors (Lipinski definition) is 1. The van der Waals surface area contributed by atoms with Crippen LogP contribution in [0.25, 0.3) is 5.69 Å². The first-order valence-corrected chi connectivity index (χ1v) is 8.38. The molecule has 0 radical (unpaired) electrons. The molecule has 6 heteroatoms. The van der Waals surface area contributed by atoms with E-state index < -0.39 is 0 Å². The average Bonchev–Trinajstić information content (AvgIpc) is 2.81. The van der Waals surface area contributed by atoms with Gasteiger partial charge in [-0.05, 0) is 52.0 Å². The van der Waals surface area contributed by atoms with Crippen molar-refractivity contribution in [1.29, 1.82) is 0 Å². The minimum atomic E-state index is 0.494. The van der Waals surface area contributed by atoms with Crippen molar-refractivity contribution in [2.45, 2.75) is 27.7 Å². The Labute approximate surface area is 152 Å². The van der Waals surface area contributed by atoms with Crippen LogP contribution in [0.15, 0.2) is 41.5 Å². The summed E-state index contributed by atoms with van der Waals surface area (Å²) in [5, 5.41) is 5.00. The van der Waals surface area contributed by atoms with Crippen LogP contribution in [0.3, 0.4) is 0 Å². The Hall–Kier alpha value is -2.66. The number of halogens is 1. The molecule has 5 nitrogen and oxygen atoms in total. The van der Waals surface area contributed by atoms with Crippen molar-refractivity contribution in [3.63, 3.8) is 0 Å². The summed E-state index contributed by atoms with van der Waals surface area (Å²) in [5.41, 5.74) is 8.83. The van der Waals surface area contributed by atoms with Crippen molar-refractivity contribution in [2.24, 2.45) is 5.10 Å². The highest BCUT2D eigenvalue weighted by atomic mass is 35.5. The van der Waals surface area contributed by atoms with Crippen molar-refractivity contribution < 1.29 is 0 Å². The fourth-order valence-electron chi connectivity index (χ4n) is 2.86. The van der Waals surface area contributed by atoms with E-state index in [2.05, 4.69) is 31.1 Å². The first kappa shape index (κ1) is 17.2. The van der Waals surface area contributed by atoms with Gasteiger partial charge in [0.2, 0.25) is 5.95 Å². The van der Waals surface area contributed by atoms with E-state index in [4.69, 9.17) is 11.6 Å². The zero-order valence-electron chi connectivity index (χ0n) is 14.7. The van der Waals surface area contributed by atoms with Crippen molar-refractivity contribution in [1.82, 2.24) is 14.5 Å². The monoisotopic (exact) mass is 353 g/mol. The lowest BCUT2D eigenvalue weighted by atomic mass is 10.2. The highest BCUT2D eigenvalue weighted by Crippen LogP contribution is 2.25.